The van der Waals surface area contributed by atoms with Crippen LogP contribution >= 0.6 is 0 Å². The number of nitrogens with one attached hydrogen (secondary N) is 1. The van der Waals surface area contributed by atoms with Gasteiger partial charge >= 0.3 is 5.97 Å². The maximum absolute atomic E-state index is 13.6. The zero-order valence-electron chi connectivity index (χ0n) is 11.8. The molecule has 6 heteroatoms. The normalized spacial score (nSPS) is 12.3. The van der Waals surface area contributed by atoms with Crippen molar-refractivity contribution in [3.8, 4) is 0 Å². The molecule has 0 spiro atoms. The van der Waals surface area contributed by atoms with Crippen molar-refractivity contribution in [1.82, 2.24) is 5.32 Å². The average molecular weight is 293 g/mol. The van der Waals surface area contributed by atoms with Crippen molar-refractivity contribution in [3.63, 3.8) is 0 Å². The molecule has 0 radical (unpaired) electrons. The summed E-state index contributed by atoms with van der Waals surface area (Å²) < 4.78 is 18.9. The number of carboxylic acids is 1. The van der Waals surface area contributed by atoms with E-state index in [0.29, 0.717) is 10.9 Å². The van der Waals surface area contributed by atoms with Crippen molar-refractivity contribution < 1.29 is 23.5 Å². The van der Waals surface area contributed by atoms with Crippen molar-refractivity contribution >= 4 is 22.8 Å². The minimum Gasteiger partial charge on any atom is -0.481 e. The molecule has 1 atom stereocenters. The number of aryl methyl sites for hydroxylation is 1. The molecule has 2 N–H and O–H groups in total. The summed E-state index contributed by atoms with van der Waals surface area (Å²) in [6.07, 6.45) is -0.0337. The second-order valence-electron chi connectivity index (χ2n) is 5.09. The number of fused-ring (bicyclic) bond motifs is 1. The number of hydrogen-bond donors (Lipinski definition) is 2. The summed E-state index contributed by atoms with van der Waals surface area (Å²) in [7, 11) is 0. The van der Waals surface area contributed by atoms with Gasteiger partial charge in [0, 0.05) is 23.9 Å². The lowest BCUT2D eigenvalue weighted by Crippen LogP contribution is -2.29. The van der Waals surface area contributed by atoms with Crippen LogP contribution in [0.15, 0.2) is 22.6 Å². The summed E-state index contributed by atoms with van der Waals surface area (Å²) in [5.74, 6) is -2.06. The van der Waals surface area contributed by atoms with Gasteiger partial charge in [-0.2, -0.15) is 0 Å². The molecule has 0 aliphatic rings. The van der Waals surface area contributed by atoms with E-state index in [1.54, 1.807) is 26.0 Å². The van der Waals surface area contributed by atoms with Crippen molar-refractivity contribution in [3.05, 3.63) is 35.3 Å². The van der Waals surface area contributed by atoms with Gasteiger partial charge in [0.25, 0.3) is 5.91 Å². The second-order valence-corrected chi connectivity index (χ2v) is 5.09. The third-order valence-electron chi connectivity index (χ3n) is 3.26. The number of carbonyl (C=O) groups excluding carboxylic acids is 1. The molecule has 0 fully saturated rings. The van der Waals surface area contributed by atoms with Crippen LogP contribution in [-0.2, 0) is 4.79 Å². The van der Waals surface area contributed by atoms with E-state index in [1.165, 1.54) is 6.07 Å². The first-order valence-electron chi connectivity index (χ1n) is 6.57. The number of carboxylic acid groups (broad SMARTS) is 1. The largest absolute Gasteiger partial charge is 0.481 e. The van der Waals surface area contributed by atoms with E-state index in [9.17, 15) is 14.0 Å². The Hall–Kier alpha value is -2.37. The summed E-state index contributed by atoms with van der Waals surface area (Å²) in [6, 6.07) is 4.50. The Morgan fingerprint density at radius 2 is 2.14 bits per heavy atom. The number of rotatable bonds is 5. The molecule has 5 nitrogen and oxygen atoms in total. The number of furan rings is 1. The van der Waals surface area contributed by atoms with E-state index in [-0.39, 0.29) is 30.2 Å². The topological polar surface area (TPSA) is 79.5 Å². The molecule has 1 unspecified atom stereocenters. The first-order valence-corrected chi connectivity index (χ1v) is 6.57. The van der Waals surface area contributed by atoms with Gasteiger partial charge in [-0.1, -0.05) is 19.1 Å². The van der Waals surface area contributed by atoms with Crippen LogP contribution in [-0.4, -0.2) is 23.5 Å². The molecule has 112 valence electrons. The lowest BCUT2D eigenvalue weighted by Gasteiger charge is -2.09. The number of aliphatic carboxylic acids is 1. The molecule has 2 rings (SSSR count). The highest BCUT2D eigenvalue weighted by Gasteiger charge is 2.20. The molecule has 0 aliphatic carbocycles. The van der Waals surface area contributed by atoms with E-state index < -0.39 is 17.7 Å². The molecule has 1 aromatic heterocycles. The fraction of sp³-hybridized carbons (Fsp3) is 0.333. The molecule has 21 heavy (non-hydrogen) atoms. The minimum absolute atomic E-state index is 0.0337. The van der Waals surface area contributed by atoms with Gasteiger partial charge < -0.3 is 14.8 Å². The van der Waals surface area contributed by atoms with Crippen molar-refractivity contribution in [2.45, 2.75) is 20.3 Å². The molecule has 0 bridgehead atoms. The van der Waals surface area contributed by atoms with E-state index in [0.717, 1.165) is 0 Å². The zero-order chi connectivity index (χ0) is 15.6. The van der Waals surface area contributed by atoms with Crippen LogP contribution in [0, 0.1) is 18.7 Å². The SMILES string of the molecule is Cc1c(C(=O)NCC(C)CC(=O)O)oc2c(F)cccc12. The van der Waals surface area contributed by atoms with Gasteiger partial charge in [-0.05, 0) is 18.9 Å². The van der Waals surface area contributed by atoms with Crippen LogP contribution in [0.1, 0.15) is 29.5 Å². The predicted molar refractivity (Wildman–Crippen MR) is 74.7 cm³/mol. The van der Waals surface area contributed by atoms with E-state index in [2.05, 4.69) is 5.32 Å². The Labute approximate surface area is 120 Å². The number of benzene rings is 1. The summed E-state index contributed by atoms with van der Waals surface area (Å²) in [6.45, 7) is 3.62. The summed E-state index contributed by atoms with van der Waals surface area (Å²) in [4.78, 5) is 22.6. The molecule has 0 saturated heterocycles. The monoisotopic (exact) mass is 293 g/mol. The van der Waals surface area contributed by atoms with Gasteiger partial charge in [-0.3, -0.25) is 9.59 Å². The Morgan fingerprint density at radius 3 is 2.76 bits per heavy atom. The highest BCUT2D eigenvalue weighted by Crippen LogP contribution is 2.27. The lowest BCUT2D eigenvalue weighted by atomic mass is 10.1. The quantitative estimate of drug-likeness (QED) is 0.888. The van der Waals surface area contributed by atoms with E-state index in [1.807, 2.05) is 0 Å². The van der Waals surface area contributed by atoms with Crippen LogP contribution in [0.3, 0.4) is 0 Å². The van der Waals surface area contributed by atoms with E-state index in [4.69, 9.17) is 9.52 Å². The molecule has 1 amide bonds. The minimum atomic E-state index is -0.918. The summed E-state index contributed by atoms with van der Waals surface area (Å²) in [5, 5.41) is 11.8. The number of amides is 1. The van der Waals surface area contributed by atoms with Gasteiger partial charge in [0.2, 0.25) is 0 Å². The molecule has 2 aromatic rings. The first-order chi connectivity index (χ1) is 9.90. The molecule has 0 saturated carbocycles. The third kappa shape index (κ3) is 3.21. The van der Waals surface area contributed by atoms with Crippen LogP contribution in [0.2, 0.25) is 0 Å². The van der Waals surface area contributed by atoms with Crippen LogP contribution in [0.25, 0.3) is 11.0 Å². The number of carbonyl (C=O) groups is 2. The van der Waals surface area contributed by atoms with Gasteiger partial charge in [0.05, 0.1) is 0 Å². The number of para-hydroxylation sites is 1. The maximum Gasteiger partial charge on any atom is 0.303 e. The summed E-state index contributed by atoms with van der Waals surface area (Å²) >= 11 is 0. The second kappa shape index (κ2) is 5.95. The molecular formula is C15H16FNO4. The number of halogens is 1. The van der Waals surface area contributed by atoms with Crippen LogP contribution in [0.5, 0.6) is 0 Å². The molecule has 1 aromatic carbocycles. The summed E-state index contributed by atoms with van der Waals surface area (Å²) in [5.41, 5.74) is 0.617. The first kappa shape index (κ1) is 15.0. The van der Waals surface area contributed by atoms with Crippen LogP contribution in [0.4, 0.5) is 4.39 Å². The van der Waals surface area contributed by atoms with Gasteiger partial charge in [-0.15, -0.1) is 0 Å². The Balaban J connectivity index is 2.15. The zero-order valence-corrected chi connectivity index (χ0v) is 11.8. The van der Waals surface area contributed by atoms with E-state index >= 15 is 0 Å². The van der Waals surface area contributed by atoms with Crippen LogP contribution < -0.4 is 5.32 Å². The number of hydrogen-bond acceptors (Lipinski definition) is 3. The van der Waals surface area contributed by atoms with Gasteiger partial charge in [-0.25, -0.2) is 4.39 Å². The van der Waals surface area contributed by atoms with Crippen molar-refractivity contribution in [1.29, 1.82) is 0 Å². The van der Waals surface area contributed by atoms with Crippen molar-refractivity contribution in [2.75, 3.05) is 6.54 Å². The Morgan fingerprint density at radius 1 is 1.43 bits per heavy atom. The lowest BCUT2D eigenvalue weighted by molar-refractivity contribution is -0.137. The fourth-order valence-corrected chi connectivity index (χ4v) is 2.14. The fourth-order valence-electron chi connectivity index (χ4n) is 2.14. The molecule has 0 aliphatic heterocycles. The highest BCUT2D eigenvalue weighted by atomic mass is 19.1. The average Bonchev–Trinajstić information content (AvgIpc) is 2.75. The third-order valence-corrected chi connectivity index (χ3v) is 3.26. The Kier molecular flexibility index (Phi) is 4.26. The standard InChI is InChI=1S/C15H16FNO4/c1-8(6-12(18)19)7-17-15(20)13-9(2)10-4-3-5-11(16)14(10)21-13/h3-5,8H,6-7H2,1-2H3,(H,17,20)(H,18,19). The smallest absolute Gasteiger partial charge is 0.303 e. The van der Waals surface area contributed by atoms with Gasteiger partial charge in [0.1, 0.15) is 0 Å². The van der Waals surface area contributed by atoms with Crippen molar-refractivity contribution in [2.24, 2.45) is 5.92 Å². The maximum atomic E-state index is 13.6. The highest BCUT2D eigenvalue weighted by molar-refractivity contribution is 5.99. The predicted octanol–water partition coefficient (Wildman–Crippen LogP) is 2.72. The molecule has 1 heterocycles. The van der Waals surface area contributed by atoms with Gasteiger partial charge in [0.15, 0.2) is 17.2 Å². The molecular weight excluding hydrogens is 277 g/mol. The Bertz CT molecular complexity index is 692.